The number of carbonyl (C=O) groups excluding carboxylic acids is 2. The average molecular weight is 297 g/mol. The summed E-state index contributed by atoms with van der Waals surface area (Å²) in [4.78, 5) is 33.0. The molecule has 3 aliphatic rings. The molecule has 0 radical (unpaired) electrons. The minimum atomic E-state index is -0.986. The fraction of sp³-hybridized carbons (Fsp3) is 0.636. The van der Waals surface area contributed by atoms with Gasteiger partial charge in [0.15, 0.2) is 6.04 Å². The highest BCUT2D eigenvalue weighted by molar-refractivity contribution is 6.10. The Bertz CT molecular complexity index is 535. The molecule has 3 heterocycles. The number of hydrogen-bond acceptors (Lipinski definition) is 8. The summed E-state index contributed by atoms with van der Waals surface area (Å²) in [7, 11) is 0. The third-order valence-electron chi connectivity index (χ3n) is 3.70. The molecular weight excluding hydrogens is 282 g/mol. The Morgan fingerprint density at radius 1 is 1.52 bits per heavy atom. The van der Waals surface area contributed by atoms with Crippen LogP contribution in [0.2, 0.25) is 0 Å². The van der Waals surface area contributed by atoms with E-state index in [-0.39, 0.29) is 19.0 Å². The second-order valence-corrected chi connectivity index (χ2v) is 5.04. The van der Waals surface area contributed by atoms with Gasteiger partial charge in [0, 0.05) is 6.42 Å². The number of aliphatic hydroxyl groups is 2. The van der Waals surface area contributed by atoms with Crippen LogP contribution in [0.1, 0.15) is 6.42 Å². The molecule has 0 aromatic heterocycles. The highest BCUT2D eigenvalue weighted by Crippen LogP contribution is 2.28. The largest absolute Gasteiger partial charge is 0.394 e. The second-order valence-electron chi connectivity index (χ2n) is 5.04. The van der Waals surface area contributed by atoms with Crippen molar-refractivity contribution in [1.29, 1.82) is 0 Å². The summed E-state index contributed by atoms with van der Waals surface area (Å²) >= 11 is 0. The molecule has 10 heteroatoms. The number of carbonyl (C=O) groups is 2. The van der Waals surface area contributed by atoms with Crippen LogP contribution >= 0.6 is 0 Å². The Labute approximate surface area is 119 Å². The Hall–Kier alpha value is -2.04. The quantitative estimate of drug-likeness (QED) is 0.413. The molecule has 0 aliphatic carbocycles. The second kappa shape index (κ2) is 5.06. The van der Waals surface area contributed by atoms with E-state index in [9.17, 15) is 14.7 Å². The van der Waals surface area contributed by atoms with Crippen molar-refractivity contribution < 1.29 is 24.5 Å². The van der Waals surface area contributed by atoms with Crippen LogP contribution in [0.3, 0.4) is 0 Å². The fourth-order valence-electron chi connectivity index (χ4n) is 2.67. The molecule has 0 spiro atoms. The zero-order chi connectivity index (χ0) is 15.1. The van der Waals surface area contributed by atoms with Gasteiger partial charge in [0.1, 0.15) is 18.4 Å². The van der Waals surface area contributed by atoms with Crippen molar-refractivity contribution >= 4 is 24.1 Å². The van der Waals surface area contributed by atoms with Gasteiger partial charge in [-0.25, -0.2) is 0 Å². The molecule has 5 N–H and O–H groups in total. The minimum absolute atomic E-state index is 0.193. The zero-order valence-electron chi connectivity index (χ0n) is 10.9. The molecule has 21 heavy (non-hydrogen) atoms. The number of ether oxygens (including phenoxy) is 1. The number of fused-ring (bicyclic) bond motifs is 1. The SMILES string of the molecule is NC1=NC(=O)C2N=CN([C@H]3C[C@H](O)[C@@H](CO)O3)C2C(=O)N1. The van der Waals surface area contributed by atoms with E-state index < -0.39 is 42.3 Å². The smallest absolute Gasteiger partial charge is 0.276 e. The first kappa shape index (κ1) is 13.9. The lowest BCUT2D eigenvalue weighted by atomic mass is 10.1. The predicted molar refractivity (Wildman–Crippen MR) is 69.0 cm³/mol. The van der Waals surface area contributed by atoms with Gasteiger partial charge in [-0.3, -0.25) is 19.9 Å². The Balaban J connectivity index is 1.82. The van der Waals surface area contributed by atoms with E-state index in [1.807, 2.05) is 0 Å². The first-order chi connectivity index (χ1) is 10.0. The van der Waals surface area contributed by atoms with Crippen LogP contribution in [0.15, 0.2) is 9.98 Å². The van der Waals surface area contributed by atoms with E-state index in [0.717, 1.165) is 0 Å². The number of nitrogens with two attached hydrogens (primary N) is 1. The van der Waals surface area contributed by atoms with Crippen LogP contribution in [-0.4, -0.2) is 76.4 Å². The van der Waals surface area contributed by atoms with Gasteiger partial charge < -0.3 is 25.6 Å². The number of aliphatic imine (C=N–C) groups is 2. The normalized spacial score (nSPS) is 39.0. The number of aliphatic hydroxyl groups excluding tert-OH is 2. The zero-order valence-corrected chi connectivity index (χ0v) is 10.9. The van der Waals surface area contributed by atoms with E-state index in [1.54, 1.807) is 0 Å². The lowest BCUT2D eigenvalue weighted by Crippen LogP contribution is -2.53. The number of guanidine groups is 1. The van der Waals surface area contributed by atoms with Crippen LogP contribution in [0.4, 0.5) is 0 Å². The molecule has 0 saturated carbocycles. The van der Waals surface area contributed by atoms with Crippen molar-refractivity contribution in [3.63, 3.8) is 0 Å². The third-order valence-corrected chi connectivity index (χ3v) is 3.70. The van der Waals surface area contributed by atoms with Gasteiger partial charge in [-0.1, -0.05) is 0 Å². The van der Waals surface area contributed by atoms with Crippen LogP contribution in [0.5, 0.6) is 0 Å². The fourth-order valence-corrected chi connectivity index (χ4v) is 2.67. The molecule has 0 aromatic carbocycles. The number of rotatable bonds is 2. The summed E-state index contributed by atoms with van der Waals surface area (Å²) in [6, 6.07) is -1.92. The van der Waals surface area contributed by atoms with Gasteiger partial charge in [0.05, 0.1) is 19.0 Å². The summed E-state index contributed by atoms with van der Waals surface area (Å²) in [6.45, 7) is -0.335. The predicted octanol–water partition coefficient (Wildman–Crippen LogP) is -3.49. The molecule has 3 aliphatic heterocycles. The number of nitrogens with one attached hydrogen (secondary N) is 1. The van der Waals surface area contributed by atoms with E-state index in [0.29, 0.717) is 0 Å². The lowest BCUT2D eigenvalue weighted by Gasteiger charge is -2.29. The van der Waals surface area contributed by atoms with Gasteiger partial charge in [-0.2, -0.15) is 4.99 Å². The van der Waals surface area contributed by atoms with Crippen molar-refractivity contribution in [2.24, 2.45) is 15.7 Å². The van der Waals surface area contributed by atoms with Gasteiger partial charge in [-0.05, 0) is 0 Å². The molecule has 114 valence electrons. The highest BCUT2D eigenvalue weighted by atomic mass is 16.5. The first-order valence-electron chi connectivity index (χ1n) is 6.45. The number of hydrogen-bond donors (Lipinski definition) is 4. The molecular formula is C11H15N5O5. The average Bonchev–Trinajstić information content (AvgIpc) is 2.98. The maximum absolute atomic E-state index is 12.1. The molecule has 5 atom stereocenters. The molecule has 3 rings (SSSR count). The third kappa shape index (κ3) is 2.26. The molecule has 0 aromatic rings. The molecule has 1 fully saturated rings. The molecule has 1 saturated heterocycles. The summed E-state index contributed by atoms with van der Waals surface area (Å²) in [5, 5.41) is 21.2. The van der Waals surface area contributed by atoms with Crippen molar-refractivity contribution in [2.75, 3.05) is 6.61 Å². The van der Waals surface area contributed by atoms with Crippen LogP contribution < -0.4 is 11.1 Å². The topological polar surface area (TPSA) is 150 Å². The van der Waals surface area contributed by atoms with E-state index in [1.165, 1.54) is 11.2 Å². The maximum Gasteiger partial charge on any atom is 0.276 e. The van der Waals surface area contributed by atoms with Gasteiger partial charge in [0.2, 0.25) is 5.96 Å². The Morgan fingerprint density at radius 3 is 2.95 bits per heavy atom. The monoisotopic (exact) mass is 297 g/mol. The summed E-state index contributed by atoms with van der Waals surface area (Å²) in [5.41, 5.74) is 5.41. The summed E-state index contributed by atoms with van der Waals surface area (Å²) in [5.74, 6) is -1.41. The van der Waals surface area contributed by atoms with Crippen LogP contribution in [0.25, 0.3) is 0 Å². The molecule has 2 amide bonds. The van der Waals surface area contributed by atoms with E-state index in [4.69, 9.17) is 15.6 Å². The van der Waals surface area contributed by atoms with Gasteiger partial charge in [0.25, 0.3) is 11.8 Å². The standard InChI is InChI=1S/C11H15N5O5/c12-11-14-9(19)7-8(10(20)15-11)16(3-13-7)6-1-4(18)5(2-17)21-6/h3-8,17-18H,1-2H2,(H3,12,14,15,19,20)/t4-,5+,6+,7?,8?/m0/s1. The van der Waals surface area contributed by atoms with Crippen molar-refractivity contribution in [3.8, 4) is 0 Å². The van der Waals surface area contributed by atoms with E-state index in [2.05, 4.69) is 15.3 Å². The van der Waals surface area contributed by atoms with Crippen molar-refractivity contribution in [1.82, 2.24) is 10.2 Å². The van der Waals surface area contributed by atoms with Crippen molar-refractivity contribution in [3.05, 3.63) is 0 Å². The minimum Gasteiger partial charge on any atom is -0.394 e. The number of amides is 2. The Morgan fingerprint density at radius 2 is 2.29 bits per heavy atom. The molecule has 2 unspecified atom stereocenters. The lowest BCUT2D eigenvalue weighted by molar-refractivity contribution is -0.132. The van der Waals surface area contributed by atoms with Gasteiger partial charge in [-0.15, -0.1) is 0 Å². The molecule has 0 bridgehead atoms. The summed E-state index contributed by atoms with van der Waals surface area (Å²) < 4.78 is 5.48. The maximum atomic E-state index is 12.1. The summed E-state index contributed by atoms with van der Waals surface area (Å²) in [6.07, 6.45) is -0.709. The Kier molecular flexibility index (Phi) is 3.35. The van der Waals surface area contributed by atoms with E-state index >= 15 is 0 Å². The molecule has 10 nitrogen and oxygen atoms in total. The van der Waals surface area contributed by atoms with Gasteiger partial charge >= 0.3 is 0 Å². The number of nitrogens with zero attached hydrogens (tertiary/aromatic N) is 3. The highest BCUT2D eigenvalue weighted by Gasteiger charge is 2.48. The van der Waals surface area contributed by atoms with Crippen LogP contribution in [0, 0.1) is 0 Å². The van der Waals surface area contributed by atoms with Crippen LogP contribution in [-0.2, 0) is 14.3 Å². The van der Waals surface area contributed by atoms with Crippen molar-refractivity contribution in [2.45, 2.75) is 36.9 Å². The first-order valence-corrected chi connectivity index (χ1v) is 6.45.